The van der Waals surface area contributed by atoms with Gasteiger partial charge in [-0.3, -0.25) is 19.1 Å². The molecule has 0 saturated carbocycles. The molecule has 0 aliphatic carbocycles. The third-order valence-electron chi connectivity index (χ3n) is 5.04. The summed E-state index contributed by atoms with van der Waals surface area (Å²) in [6.45, 7) is 3.23. The van der Waals surface area contributed by atoms with Gasteiger partial charge < -0.3 is 5.32 Å². The smallest absolute Gasteiger partial charge is 0.297 e. The number of Topliss-reactive ketones (excluding diaryl/α,β-unsaturated/α-hetero) is 1. The van der Waals surface area contributed by atoms with Gasteiger partial charge in [0, 0.05) is 25.2 Å². The average Bonchev–Trinajstić information content (AvgIpc) is 3.34. The maximum atomic E-state index is 13.2. The summed E-state index contributed by atoms with van der Waals surface area (Å²) in [5.41, 5.74) is 2.57. The number of para-hydroxylation sites is 1. The highest BCUT2D eigenvalue weighted by atomic mass is 32.2. The predicted octanol–water partition coefficient (Wildman–Crippen LogP) is 2.39. The molecule has 2 heterocycles. The van der Waals surface area contributed by atoms with Crippen molar-refractivity contribution in [1.82, 2.24) is 29.6 Å². The first kappa shape index (κ1) is 22.2. The fourth-order valence-corrected chi connectivity index (χ4v) is 4.13. The number of carbonyl (C=O) groups is 2. The van der Waals surface area contributed by atoms with Crippen LogP contribution in [0.25, 0.3) is 11.4 Å². The number of hydrogen-bond donors (Lipinski definition) is 1. The van der Waals surface area contributed by atoms with Gasteiger partial charge in [-0.05, 0) is 53.7 Å². The van der Waals surface area contributed by atoms with Crippen LogP contribution in [0.5, 0.6) is 0 Å². The number of hydrogen-bond acceptors (Lipinski definition) is 7. The zero-order valence-electron chi connectivity index (χ0n) is 18.2. The molecule has 2 aromatic carbocycles. The Morgan fingerprint density at radius 3 is 2.42 bits per heavy atom. The number of nitrogens with one attached hydrogen (secondary N) is 1. The Morgan fingerprint density at radius 1 is 1.06 bits per heavy atom. The number of rotatable bonds is 7. The Kier molecular flexibility index (Phi) is 6.22. The normalized spacial score (nSPS) is 10.9. The summed E-state index contributed by atoms with van der Waals surface area (Å²) < 4.78 is 4.66. The molecule has 0 unspecified atom stereocenters. The first-order valence-electron chi connectivity index (χ1n) is 10.0. The van der Waals surface area contributed by atoms with Gasteiger partial charge in [-0.2, -0.15) is 4.68 Å². The van der Waals surface area contributed by atoms with Crippen molar-refractivity contribution >= 4 is 29.1 Å². The quantitative estimate of drug-likeness (QED) is 0.330. The third-order valence-corrected chi connectivity index (χ3v) is 5.96. The van der Waals surface area contributed by atoms with Crippen molar-refractivity contribution < 1.29 is 9.59 Å². The van der Waals surface area contributed by atoms with E-state index < -0.39 is 0 Å². The number of ketones is 1. The minimum atomic E-state index is -0.268. The number of anilines is 1. The molecule has 0 aliphatic heterocycles. The first-order valence-corrected chi connectivity index (χ1v) is 11.0. The molecule has 0 saturated heterocycles. The van der Waals surface area contributed by atoms with Gasteiger partial charge in [-0.25, -0.2) is 4.68 Å². The summed E-state index contributed by atoms with van der Waals surface area (Å²) in [6, 6.07) is 15.9. The first-order chi connectivity index (χ1) is 15.9. The van der Waals surface area contributed by atoms with Gasteiger partial charge >= 0.3 is 0 Å². The van der Waals surface area contributed by atoms with Crippen LogP contribution in [0.4, 0.5) is 5.69 Å². The Balaban J connectivity index is 1.56. The number of aromatic nitrogens is 6. The lowest BCUT2D eigenvalue weighted by atomic mass is 10.1. The van der Waals surface area contributed by atoms with Gasteiger partial charge in [0.25, 0.3) is 5.56 Å². The van der Waals surface area contributed by atoms with E-state index in [0.29, 0.717) is 27.8 Å². The zero-order valence-corrected chi connectivity index (χ0v) is 19.0. The van der Waals surface area contributed by atoms with Gasteiger partial charge in [0.1, 0.15) is 0 Å². The van der Waals surface area contributed by atoms with E-state index in [1.165, 1.54) is 11.6 Å². The topological polar surface area (TPSA) is 117 Å². The van der Waals surface area contributed by atoms with Crippen molar-refractivity contribution in [3.05, 3.63) is 76.2 Å². The number of carbonyl (C=O) groups excluding carboxylic acids is 2. The van der Waals surface area contributed by atoms with Gasteiger partial charge in [0.05, 0.1) is 17.1 Å². The van der Waals surface area contributed by atoms with Gasteiger partial charge in [-0.1, -0.05) is 30.0 Å². The molecule has 11 heteroatoms. The number of thioether (sulfide) groups is 1. The standard InChI is InChI=1S/C22H21N7O3S/c1-14-20(21(32)29(27(14)3)18-7-5-4-6-8-18)28-22(24-25-26-28)33-13-19(31)16-9-11-17(12-10-16)23-15(2)30/h4-12H,13H2,1-3H3,(H,23,30). The van der Waals surface area contributed by atoms with Crippen molar-refractivity contribution in [2.75, 3.05) is 11.1 Å². The van der Waals surface area contributed by atoms with E-state index in [1.54, 1.807) is 40.7 Å². The molecule has 0 fully saturated rings. The summed E-state index contributed by atoms with van der Waals surface area (Å²) in [7, 11) is 1.79. The molecule has 1 amide bonds. The van der Waals surface area contributed by atoms with Crippen LogP contribution < -0.4 is 10.9 Å². The molecule has 0 radical (unpaired) electrons. The highest BCUT2D eigenvalue weighted by Crippen LogP contribution is 2.21. The number of benzene rings is 2. The molecule has 0 spiro atoms. The monoisotopic (exact) mass is 463 g/mol. The number of tetrazole rings is 1. The van der Waals surface area contributed by atoms with Crippen LogP contribution in [0.1, 0.15) is 23.0 Å². The van der Waals surface area contributed by atoms with E-state index in [0.717, 1.165) is 17.4 Å². The molecule has 2 aromatic heterocycles. The Labute approximate surface area is 193 Å². The fraction of sp³-hybridized carbons (Fsp3) is 0.182. The lowest BCUT2D eigenvalue weighted by Gasteiger charge is -2.07. The summed E-state index contributed by atoms with van der Waals surface area (Å²) >= 11 is 1.14. The van der Waals surface area contributed by atoms with Gasteiger partial charge in [-0.15, -0.1) is 5.10 Å². The molecule has 1 N–H and O–H groups in total. The van der Waals surface area contributed by atoms with Crippen LogP contribution in [0.3, 0.4) is 0 Å². The molecule has 168 valence electrons. The molecule has 0 bridgehead atoms. The van der Waals surface area contributed by atoms with Gasteiger partial charge in [0.15, 0.2) is 11.5 Å². The highest BCUT2D eigenvalue weighted by Gasteiger charge is 2.22. The lowest BCUT2D eigenvalue weighted by molar-refractivity contribution is -0.114. The minimum Gasteiger partial charge on any atom is -0.326 e. The minimum absolute atomic E-state index is 0.0820. The molecule has 10 nitrogen and oxygen atoms in total. The van der Waals surface area contributed by atoms with E-state index in [-0.39, 0.29) is 23.0 Å². The van der Waals surface area contributed by atoms with Crippen LogP contribution in [-0.2, 0) is 11.8 Å². The van der Waals surface area contributed by atoms with E-state index in [9.17, 15) is 14.4 Å². The largest absolute Gasteiger partial charge is 0.326 e. The predicted molar refractivity (Wildman–Crippen MR) is 124 cm³/mol. The fourth-order valence-electron chi connectivity index (χ4n) is 3.36. The van der Waals surface area contributed by atoms with Crippen molar-refractivity contribution in [1.29, 1.82) is 0 Å². The molecule has 0 atom stereocenters. The van der Waals surface area contributed by atoms with Crippen LogP contribution in [0.15, 0.2) is 64.5 Å². The van der Waals surface area contributed by atoms with Crippen LogP contribution in [-0.4, -0.2) is 47.0 Å². The number of amides is 1. The Morgan fingerprint density at radius 2 is 1.76 bits per heavy atom. The molecular formula is C22H21N7O3S. The van der Waals surface area contributed by atoms with E-state index >= 15 is 0 Å². The molecule has 0 aliphatic rings. The molecule has 4 rings (SSSR count). The molecule has 4 aromatic rings. The maximum Gasteiger partial charge on any atom is 0.297 e. The molecule has 33 heavy (non-hydrogen) atoms. The summed E-state index contributed by atoms with van der Waals surface area (Å²) in [5.74, 6) is -0.229. The maximum absolute atomic E-state index is 13.2. The van der Waals surface area contributed by atoms with E-state index in [4.69, 9.17) is 0 Å². The zero-order chi connectivity index (χ0) is 23.5. The second-order valence-electron chi connectivity index (χ2n) is 7.25. The molecular weight excluding hydrogens is 442 g/mol. The van der Waals surface area contributed by atoms with Crippen molar-refractivity contribution in [2.24, 2.45) is 7.05 Å². The van der Waals surface area contributed by atoms with E-state index in [1.807, 2.05) is 37.3 Å². The highest BCUT2D eigenvalue weighted by molar-refractivity contribution is 7.99. The average molecular weight is 464 g/mol. The Bertz CT molecular complexity index is 1370. The third kappa shape index (κ3) is 4.48. The summed E-state index contributed by atoms with van der Waals surface area (Å²) in [5, 5.41) is 14.7. The number of nitrogens with zero attached hydrogens (tertiary/aromatic N) is 6. The van der Waals surface area contributed by atoms with Crippen molar-refractivity contribution in [2.45, 2.75) is 19.0 Å². The van der Waals surface area contributed by atoms with Gasteiger partial charge in [0.2, 0.25) is 11.1 Å². The summed E-state index contributed by atoms with van der Waals surface area (Å²) in [4.78, 5) is 37.0. The Hall–Kier alpha value is -3.99. The second-order valence-corrected chi connectivity index (χ2v) is 8.20. The summed E-state index contributed by atoms with van der Waals surface area (Å²) in [6.07, 6.45) is 0. The van der Waals surface area contributed by atoms with Crippen molar-refractivity contribution in [3.8, 4) is 11.4 Å². The van der Waals surface area contributed by atoms with Crippen LogP contribution in [0, 0.1) is 6.92 Å². The van der Waals surface area contributed by atoms with E-state index in [2.05, 4.69) is 20.8 Å². The second kappa shape index (κ2) is 9.25. The van der Waals surface area contributed by atoms with Crippen LogP contribution >= 0.6 is 11.8 Å². The van der Waals surface area contributed by atoms with Crippen molar-refractivity contribution in [3.63, 3.8) is 0 Å². The lowest BCUT2D eigenvalue weighted by Crippen LogP contribution is -2.22. The van der Waals surface area contributed by atoms with Crippen LogP contribution in [0.2, 0.25) is 0 Å². The SMILES string of the molecule is CC(=O)Nc1ccc(C(=O)CSc2nnnn2-c2c(C)n(C)n(-c3ccccc3)c2=O)cc1.